The summed E-state index contributed by atoms with van der Waals surface area (Å²) >= 11 is 0. The smallest absolute Gasteiger partial charge is 0.251 e. The molecule has 1 aromatic carbocycles. The predicted molar refractivity (Wildman–Crippen MR) is 95.4 cm³/mol. The third-order valence-electron chi connectivity index (χ3n) is 5.53. The summed E-state index contributed by atoms with van der Waals surface area (Å²) in [6, 6.07) is 7.18. The molecule has 1 aromatic rings. The van der Waals surface area contributed by atoms with Crippen LogP contribution >= 0.6 is 0 Å². The van der Waals surface area contributed by atoms with E-state index in [0.29, 0.717) is 5.56 Å². The Labute approximate surface area is 143 Å². The van der Waals surface area contributed by atoms with Gasteiger partial charge in [-0.3, -0.25) is 9.59 Å². The number of hydrogen-bond donors (Lipinski definition) is 2. The lowest BCUT2D eigenvalue weighted by Crippen LogP contribution is -2.25. The van der Waals surface area contributed by atoms with E-state index in [1.54, 1.807) is 31.3 Å². The normalized spacial score (nSPS) is 25.1. The van der Waals surface area contributed by atoms with Gasteiger partial charge < -0.3 is 10.6 Å². The Morgan fingerprint density at radius 1 is 1.17 bits per heavy atom. The van der Waals surface area contributed by atoms with Crippen molar-refractivity contribution in [2.24, 2.45) is 17.8 Å². The molecule has 0 spiro atoms. The van der Waals surface area contributed by atoms with Crippen LogP contribution in [0.2, 0.25) is 0 Å². The van der Waals surface area contributed by atoms with Crippen molar-refractivity contribution in [2.75, 3.05) is 13.6 Å². The number of amides is 2. The van der Waals surface area contributed by atoms with E-state index in [-0.39, 0.29) is 11.8 Å². The first-order chi connectivity index (χ1) is 11.7. The van der Waals surface area contributed by atoms with Gasteiger partial charge in [-0.05, 0) is 67.2 Å². The molecule has 0 aromatic heterocycles. The van der Waals surface area contributed by atoms with Gasteiger partial charge in [-0.25, -0.2) is 0 Å². The van der Waals surface area contributed by atoms with E-state index in [2.05, 4.69) is 10.6 Å². The highest BCUT2D eigenvalue weighted by molar-refractivity contribution is 5.94. The molecule has 2 N–H and O–H groups in total. The molecule has 4 heteroatoms. The molecule has 0 heterocycles. The first-order valence-electron chi connectivity index (χ1n) is 8.93. The van der Waals surface area contributed by atoms with Gasteiger partial charge in [0.25, 0.3) is 5.91 Å². The topological polar surface area (TPSA) is 58.2 Å². The summed E-state index contributed by atoms with van der Waals surface area (Å²) < 4.78 is 0. The van der Waals surface area contributed by atoms with Gasteiger partial charge in [-0.15, -0.1) is 0 Å². The van der Waals surface area contributed by atoms with Crippen LogP contribution in [0, 0.1) is 17.8 Å². The Bertz CT molecular complexity index is 621. The molecule has 128 valence electrons. The lowest BCUT2D eigenvalue weighted by molar-refractivity contribution is -0.116. The number of nitrogens with one attached hydrogen (secondary N) is 2. The van der Waals surface area contributed by atoms with Gasteiger partial charge in [0.15, 0.2) is 0 Å². The van der Waals surface area contributed by atoms with Crippen molar-refractivity contribution in [1.82, 2.24) is 10.6 Å². The fourth-order valence-corrected chi connectivity index (χ4v) is 4.23. The average molecular weight is 326 g/mol. The zero-order chi connectivity index (χ0) is 16.9. The third-order valence-corrected chi connectivity index (χ3v) is 5.53. The second-order valence-electron chi connectivity index (χ2n) is 7.05. The number of hydrogen-bond acceptors (Lipinski definition) is 2. The van der Waals surface area contributed by atoms with Crippen LogP contribution in [0.25, 0.3) is 6.08 Å². The summed E-state index contributed by atoms with van der Waals surface area (Å²) in [6.07, 6.45) is 10.1. The summed E-state index contributed by atoms with van der Waals surface area (Å²) in [4.78, 5) is 23.4. The second kappa shape index (κ2) is 7.65. The van der Waals surface area contributed by atoms with Crippen molar-refractivity contribution in [2.45, 2.75) is 32.1 Å². The Morgan fingerprint density at radius 3 is 2.58 bits per heavy atom. The van der Waals surface area contributed by atoms with Crippen molar-refractivity contribution < 1.29 is 9.59 Å². The van der Waals surface area contributed by atoms with Gasteiger partial charge in [0.1, 0.15) is 0 Å². The highest BCUT2D eigenvalue weighted by Gasteiger charge is 2.38. The number of carbonyl (C=O) groups excluding carboxylic acids is 2. The molecule has 2 saturated carbocycles. The Morgan fingerprint density at radius 2 is 1.96 bits per heavy atom. The standard InChI is InChI=1S/C20H26N2O2/c1-21-20(24)16-6-2-14(3-7-16)5-9-19(23)22-11-10-18-13-15-4-8-17(18)12-15/h2-3,5-7,9,15,17-18H,4,8,10-13H2,1H3,(H,21,24)(H,22,23). The highest BCUT2D eigenvalue weighted by atomic mass is 16.2. The van der Waals surface area contributed by atoms with Gasteiger partial charge in [-0.2, -0.15) is 0 Å². The molecule has 2 fully saturated rings. The lowest BCUT2D eigenvalue weighted by atomic mass is 9.86. The first-order valence-corrected chi connectivity index (χ1v) is 8.93. The Kier molecular flexibility index (Phi) is 5.34. The fraction of sp³-hybridized carbons (Fsp3) is 0.500. The van der Waals surface area contributed by atoms with Crippen molar-refractivity contribution in [3.05, 3.63) is 41.5 Å². The van der Waals surface area contributed by atoms with E-state index >= 15 is 0 Å². The molecule has 0 radical (unpaired) electrons. The molecule has 2 aliphatic rings. The largest absolute Gasteiger partial charge is 0.355 e. The molecular weight excluding hydrogens is 300 g/mol. The van der Waals surface area contributed by atoms with E-state index in [1.165, 1.54) is 25.7 Å². The molecular formula is C20H26N2O2. The van der Waals surface area contributed by atoms with Crippen LogP contribution in [-0.4, -0.2) is 25.4 Å². The van der Waals surface area contributed by atoms with Crippen LogP contribution < -0.4 is 10.6 Å². The minimum Gasteiger partial charge on any atom is -0.355 e. The van der Waals surface area contributed by atoms with Gasteiger partial charge in [0.05, 0.1) is 0 Å². The van der Waals surface area contributed by atoms with Crippen molar-refractivity contribution in [1.29, 1.82) is 0 Å². The summed E-state index contributed by atoms with van der Waals surface area (Å²) in [6.45, 7) is 0.771. The molecule has 0 aliphatic heterocycles. The van der Waals surface area contributed by atoms with E-state index in [0.717, 1.165) is 36.3 Å². The van der Waals surface area contributed by atoms with Crippen molar-refractivity contribution in [3.63, 3.8) is 0 Å². The van der Waals surface area contributed by atoms with Gasteiger partial charge in [0.2, 0.25) is 5.91 Å². The summed E-state index contributed by atoms with van der Waals surface area (Å²) in [5.74, 6) is 2.55. The van der Waals surface area contributed by atoms with Gasteiger partial charge >= 0.3 is 0 Å². The molecule has 2 bridgehead atoms. The first kappa shape index (κ1) is 16.7. The number of fused-ring (bicyclic) bond motifs is 2. The molecule has 0 saturated heterocycles. The lowest BCUT2D eigenvalue weighted by Gasteiger charge is -2.21. The van der Waals surface area contributed by atoms with Crippen LogP contribution in [0.4, 0.5) is 0 Å². The minimum atomic E-state index is -0.108. The zero-order valence-corrected chi connectivity index (χ0v) is 14.3. The number of carbonyl (C=O) groups is 2. The molecule has 2 aliphatic carbocycles. The van der Waals surface area contributed by atoms with E-state index in [9.17, 15) is 9.59 Å². The predicted octanol–water partition coefficient (Wildman–Crippen LogP) is 3.00. The van der Waals surface area contributed by atoms with Gasteiger partial charge in [-0.1, -0.05) is 18.6 Å². The van der Waals surface area contributed by atoms with Crippen LogP contribution in [-0.2, 0) is 4.79 Å². The molecule has 3 unspecified atom stereocenters. The quantitative estimate of drug-likeness (QED) is 0.790. The van der Waals surface area contributed by atoms with Crippen molar-refractivity contribution in [3.8, 4) is 0 Å². The molecule has 2 amide bonds. The fourth-order valence-electron chi connectivity index (χ4n) is 4.23. The van der Waals surface area contributed by atoms with Crippen LogP contribution in [0.1, 0.15) is 48.0 Å². The number of rotatable bonds is 6. The molecule has 24 heavy (non-hydrogen) atoms. The van der Waals surface area contributed by atoms with Gasteiger partial charge in [0, 0.05) is 25.2 Å². The third kappa shape index (κ3) is 4.05. The average Bonchev–Trinajstić information content (AvgIpc) is 3.23. The number of benzene rings is 1. The minimum absolute atomic E-state index is 0.0477. The maximum Gasteiger partial charge on any atom is 0.251 e. The summed E-state index contributed by atoms with van der Waals surface area (Å²) in [7, 11) is 1.61. The molecule has 3 rings (SSSR count). The maximum atomic E-state index is 11.9. The summed E-state index contributed by atoms with van der Waals surface area (Å²) in [5.41, 5.74) is 1.52. The highest BCUT2D eigenvalue weighted by Crippen LogP contribution is 2.49. The van der Waals surface area contributed by atoms with Crippen LogP contribution in [0.15, 0.2) is 30.3 Å². The van der Waals surface area contributed by atoms with E-state index < -0.39 is 0 Å². The van der Waals surface area contributed by atoms with E-state index in [4.69, 9.17) is 0 Å². The van der Waals surface area contributed by atoms with Crippen LogP contribution in [0.5, 0.6) is 0 Å². The summed E-state index contributed by atoms with van der Waals surface area (Å²) in [5, 5.41) is 5.57. The molecule has 3 atom stereocenters. The van der Waals surface area contributed by atoms with E-state index in [1.807, 2.05) is 12.1 Å². The Hall–Kier alpha value is -2.10. The Balaban J connectivity index is 1.41. The second-order valence-corrected chi connectivity index (χ2v) is 7.05. The van der Waals surface area contributed by atoms with Crippen molar-refractivity contribution >= 4 is 17.9 Å². The monoisotopic (exact) mass is 326 g/mol. The zero-order valence-electron chi connectivity index (χ0n) is 14.3. The molecule has 4 nitrogen and oxygen atoms in total. The SMILES string of the molecule is CNC(=O)c1ccc(C=CC(=O)NCCC2CC3CCC2C3)cc1. The van der Waals surface area contributed by atoms with Crippen LogP contribution in [0.3, 0.4) is 0 Å². The maximum absolute atomic E-state index is 11.9.